The summed E-state index contributed by atoms with van der Waals surface area (Å²) in [6, 6.07) is 27.2. The molecule has 0 spiro atoms. The molecule has 0 heterocycles. The summed E-state index contributed by atoms with van der Waals surface area (Å²) in [5.41, 5.74) is 1.18. The van der Waals surface area contributed by atoms with Crippen LogP contribution in [0.3, 0.4) is 0 Å². The number of hydrogen-bond acceptors (Lipinski definition) is 8. The van der Waals surface area contributed by atoms with Crippen molar-refractivity contribution in [2.24, 2.45) is 0 Å². The molecule has 0 unspecified atom stereocenters. The number of ether oxygens (including phenoxy) is 4. The molecule has 0 radical (unpaired) electrons. The molecular weight excluding hydrogens is 624 g/mol. The number of rotatable bonds is 12. The van der Waals surface area contributed by atoms with Crippen molar-refractivity contribution in [1.82, 2.24) is 0 Å². The molecule has 0 aromatic heterocycles. The van der Waals surface area contributed by atoms with Gasteiger partial charge in [-0.1, -0.05) is 27.7 Å². The van der Waals surface area contributed by atoms with Crippen molar-refractivity contribution in [2.75, 3.05) is 26.4 Å². The van der Waals surface area contributed by atoms with Gasteiger partial charge in [-0.05, 0) is 108 Å². The summed E-state index contributed by atoms with van der Waals surface area (Å²) in [7, 11) is 0. The van der Waals surface area contributed by atoms with Crippen molar-refractivity contribution in [2.45, 2.75) is 53.4 Å². The van der Waals surface area contributed by atoms with Crippen LogP contribution in [0.2, 0.25) is 0 Å². The molecule has 0 bridgehead atoms. The summed E-state index contributed by atoms with van der Waals surface area (Å²) in [6.07, 6.45) is 3.22. The summed E-state index contributed by atoms with van der Waals surface area (Å²) in [4.78, 5) is 0. The van der Waals surface area contributed by atoms with Gasteiger partial charge < -0.3 is 18.9 Å². The Balaban J connectivity index is 1.93. The lowest BCUT2D eigenvalue weighted by Crippen LogP contribution is -2.01. The fourth-order valence-electron chi connectivity index (χ4n) is 5.78. The van der Waals surface area contributed by atoms with Crippen molar-refractivity contribution in [3.8, 4) is 47.3 Å². The zero-order valence-electron chi connectivity index (χ0n) is 28.9. The molecule has 0 saturated carbocycles. The van der Waals surface area contributed by atoms with Crippen LogP contribution >= 0.6 is 0 Å². The SMILES string of the molecule is CCCOc1cc2cc(C#N)c3cc4c(C#N)cc5cc(OCCC)c(OCCC)cc5cc(C#N)c4cc3c(C#N)cc2cc1OCCC. The highest BCUT2D eigenvalue weighted by Gasteiger charge is 2.16. The van der Waals surface area contributed by atoms with Gasteiger partial charge in [-0.2, -0.15) is 21.0 Å². The average molecular weight is 663 g/mol. The standard InChI is InChI=1S/C42H38N4O4/c1-5-9-47-39-17-27-13-31(23-43)35-21-37-33(25-45)15-29-19-41(49-11-7-3)42(50-12-8-4)20-30(29)16-34(26-46)38(37)22-36(35)32(24-44)14-28(27)18-40(39)48-10-6-2/h13-22H,5-12H2,1-4H3. The first-order valence-electron chi connectivity index (χ1n) is 17.0. The van der Waals surface area contributed by atoms with Gasteiger partial charge in [-0.15, -0.1) is 0 Å². The van der Waals surface area contributed by atoms with E-state index >= 15 is 0 Å². The van der Waals surface area contributed by atoms with Crippen LogP contribution in [0.25, 0.3) is 43.1 Å². The first kappa shape index (κ1) is 35.1. The Bertz CT molecular complexity index is 2010. The normalized spacial score (nSPS) is 10.6. The van der Waals surface area contributed by atoms with Crippen LogP contribution in [0.4, 0.5) is 0 Å². The number of nitrogens with zero attached hydrogens (tertiary/aromatic N) is 4. The van der Waals surface area contributed by atoms with Crippen LogP contribution in [0.15, 0.2) is 60.7 Å². The number of nitriles is 4. The Hall–Kier alpha value is -6.22. The van der Waals surface area contributed by atoms with E-state index in [9.17, 15) is 21.0 Å². The molecular formula is C42H38N4O4. The highest BCUT2D eigenvalue weighted by Crippen LogP contribution is 2.38. The van der Waals surface area contributed by atoms with E-state index in [-0.39, 0.29) is 0 Å². The summed E-state index contributed by atoms with van der Waals surface area (Å²) in [5, 5.41) is 46.7. The van der Waals surface area contributed by atoms with Crippen molar-refractivity contribution in [3.63, 3.8) is 0 Å². The van der Waals surface area contributed by atoms with E-state index in [0.717, 1.165) is 25.7 Å². The molecule has 0 aliphatic rings. The molecule has 250 valence electrons. The second kappa shape index (κ2) is 16.3. The van der Waals surface area contributed by atoms with Crippen molar-refractivity contribution in [3.05, 3.63) is 82.9 Å². The van der Waals surface area contributed by atoms with Crippen LogP contribution < -0.4 is 18.9 Å². The van der Waals surface area contributed by atoms with E-state index < -0.39 is 0 Å². The van der Waals surface area contributed by atoms with Crippen molar-refractivity contribution >= 4 is 43.1 Å². The van der Waals surface area contributed by atoms with Gasteiger partial charge in [0.25, 0.3) is 0 Å². The Morgan fingerprint density at radius 1 is 0.360 bits per heavy atom. The van der Waals surface area contributed by atoms with Crippen molar-refractivity contribution < 1.29 is 18.9 Å². The van der Waals surface area contributed by atoms with Gasteiger partial charge in [0.2, 0.25) is 0 Å². The van der Waals surface area contributed by atoms with E-state index in [1.165, 1.54) is 0 Å². The molecule has 0 saturated heterocycles. The zero-order chi connectivity index (χ0) is 35.6. The molecule has 0 amide bonds. The minimum Gasteiger partial charge on any atom is -0.490 e. The number of fused-ring (bicyclic) bond motifs is 4. The first-order chi connectivity index (χ1) is 24.4. The molecule has 50 heavy (non-hydrogen) atoms. The van der Waals surface area contributed by atoms with Gasteiger partial charge in [-0.25, -0.2) is 0 Å². The fourth-order valence-corrected chi connectivity index (χ4v) is 5.78. The monoisotopic (exact) mass is 662 g/mol. The van der Waals surface area contributed by atoms with Crippen LogP contribution in [0.1, 0.15) is 75.6 Å². The molecule has 0 atom stereocenters. The van der Waals surface area contributed by atoms with E-state index in [2.05, 4.69) is 24.3 Å². The molecule has 5 rings (SSSR count). The number of hydrogen-bond donors (Lipinski definition) is 0. The van der Waals surface area contributed by atoms with Gasteiger partial charge in [0.15, 0.2) is 23.0 Å². The van der Waals surface area contributed by atoms with Crippen molar-refractivity contribution in [1.29, 1.82) is 21.0 Å². The molecule has 8 heteroatoms. The zero-order valence-corrected chi connectivity index (χ0v) is 28.9. The summed E-state index contributed by atoms with van der Waals surface area (Å²) in [5.74, 6) is 2.23. The minimum atomic E-state index is 0.295. The molecule has 8 nitrogen and oxygen atoms in total. The van der Waals surface area contributed by atoms with Gasteiger partial charge in [0.1, 0.15) is 0 Å². The van der Waals surface area contributed by atoms with Crippen LogP contribution in [-0.2, 0) is 0 Å². The first-order valence-corrected chi connectivity index (χ1v) is 17.0. The molecule has 0 fully saturated rings. The minimum absolute atomic E-state index is 0.295. The van der Waals surface area contributed by atoms with Crippen LogP contribution in [-0.4, -0.2) is 26.4 Å². The lowest BCUT2D eigenvalue weighted by Gasteiger charge is -2.14. The van der Waals surface area contributed by atoms with Crippen LogP contribution in [0.5, 0.6) is 23.0 Å². The molecule has 5 aromatic carbocycles. The highest BCUT2D eigenvalue weighted by atomic mass is 16.5. The van der Waals surface area contributed by atoms with Gasteiger partial charge >= 0.3 is 0 Å². The van der Waals surface area contributed by atoms with E-state index in [1.54, 1.807) is 36.4 Å². The Kier molecular flexibility index (Phi) is 11.4. The largest absolute Gasteiger partial charge is 0.490 e. The Morgan fingerprint density at radius 3 is 0.760 bits per heavy atom. The smallest absolute Gasteiger partial charge is 0.161 e. The summed E-state index contributed by atoms with van der Waals surface area (Å²) in [6.45, 7) is 10.0. The fraction of sp³-hybridized carbons (Fsp3) is 0.286. The lowest BCUT2D eigenvalue weighted by molar-refractivity contribution is 0.269. The molecule has 0 aliphatic heterocycles. The van der Waals surface area contributed by atoms with Crippen LogP contribution in [0, 0.1) is 45.3 Å². The maximum Gasteiger partial charge on any atom is 0.161 e. The van der Waals surface area contributed by atoms with Gasteiger partial charge in [0, 0.05) is 21.5 Å². The predicted molar refractivity (Wildman–Crippen MR) is 196 cm³/mol. The third kappa shape index (κ3) is 7.27. The predicted octanol–water partition coefficient (Wildman–Crippen LogP) is 10.1. The third-order valence-corrected chi connectivity index (χ3v) is 8.15. The second-order valence-electron chi connectivity index (χ2n) is 11.9. The maximum atomic E-state index is 10.5. The van der Waals surface area contributed by atoms with E-state index in [4.69, 9.17) is 18.9 Å². The average Bonchev–Trinajstić information content (AvgIpc) is 3.13. The third-order valence-electron chi connectivity index (χ3n) is 8.15. The molecule has 0 aliphatic carbocycles. The maximum absolute atomic E-state index is 10.5. The molecule has 5 aromatic rings. The lowest BCUT2D eigenvalue weighted by atomic mass is 9.93. The summed E-state index contributed by atoms with van der Waals surface area (Å²) < 4.78 is 24.1. The quantitative estimate of drug-likeness (QED) is 0.129. The summed E-state index contributed by atoms with van der Waals surface area (Å²) >= 11 is 0. The molecule has 0 N–H and O–H groups in total. The van der Waals surface area contributed by atoms with Gasteiger partial charge in [-0.3, -0.25) is 0 Å². The Morgan fingerprint density at radius 2 is 0.580 bits per heavy atom. The van der Waals surface area contributed by atoms with E-state index in [0.29, 0.717) is 115 Å². The number of benzene rings is 3. The Labute approximate surface area is 292 Å². The highest BCUT2D eigenvalue weighted by molar-refractivity contribution is 6.08. The van der Waals surface area contributed by atoms with E-state index in [1.807, 2.05) is 52.0 Å². The topological polar surface area (TPSA) is 132 Å². The second-order valence-corrected chi connectivity index (χ2v) is 11.9. The van der Waals surface area contributed by atoms with Gasteiger partial charge in [0.05, 0.1) is 73.0 Å².